The van der Waals surface area contributed by atoms with Crippen molar-refractivity contribution in [3.05, 3.63) is 63.3 Å². The third-order valence-electron chi connectivity index (χ3n) is 3.88. The molecule has 1 aromatic carbocycles. The molecule has 2 aromatic rings. The maximum atomic E-state index is 12.3. The van der Waals surface area contributed by atoms with Crippen molar-refractivity contribution in [3.63, 3.8) is 0 Å². The molecule has 2 heterocycles. The van der Waals surface area contributed by atoms with E-state index in [2.05, 4.69) is 10.3 Å². The van der Waals surface area contributed by atoms with Gasteiger partial charge in [0.25, 0.3) is 23.4 Å². The molecule has 0 radical (unpaired) electrons. The Hall–Kier alpha value is -3.62. The molecule has 1 aromatic heterocycles. The maximum Gasteiger partial charge on any atom is 0.287 e. The maximum absolute atomic E-state index is 12.3. The van der Waals surface area contributed by atoms with Gasteiger partial charge in [-0.15, -0.1) is 0 Å². The lowest BCUT2D eigenvalue weighted by atomic mass is 10.1. The highest BCUT2D eigenvalue weighted by Crippen LogP contribution is 2.24. The third kappa shape index (κ3) is 3.02. The van der Waals surface area contributed by atoms with E-state index in [1.165, 1.54) is 30.3 Å². The van der Waals surface area contributed by atoms with Gasteiger partial charge in [0.1, 0.15) is 12.0 Å². The Morgan fingerprint density at radius 3 is 2.54 bits per heavy atom. The van der Waals surface area contributed by atoms with Gasteiger partial charge in [0.2, 0.25) is 0 Å². The number of pyridine rings is 1. The number of rotatable bonds is 5. The molecule has 0 saturated heterocycles. The molecule has 0 atom stereocenters. The molecule has 0 fully saturated rings. The summed E-state index contributed by atoms with van der Waals surface area (Å²) in [4.78, 5) is 51.8. The Morgan fingerprint density at radius 2 is 1.92 bits per heavy atom. The number of anilines is 1. The highest BCUT2D eigenvalue weighted by molar-refractivity contribution is 6.22. The molecule has 0 spiro atoms. The quantitative estimate of drug-likeness (QED) is 0.499. The van der Waals surface area contributed by atoms with Gasteiger partial charge in [-0.1, -0.05) is 6.92 Å². The molecule has 0 saturated carbocycles. The summed E-state index contributed by atoms with van der Waals surface area (Å²) in [7, 11) is 0. The summed E-state index contributed by atoms with van der Waals surface area (Å²) in [6.07, 6.45) is 1.67. The van der Waals surface area contributed by atoms with Gasteiger partial charge < -0.3 is 5.32 Å². The van der Waals surface area contributed by atoms with E-state index in [0.717, 1.165) is 11.1 Å². The van der Waals surface area contributed by atoms with Crippen molar-refractivity contribution in [2.24, 2.45) is 0 Å². The summed E-state index contributed by atoms with van der Waals surface area (Å²) in [5.41, 5.74) is 0.449. The first-order valence-corrected chi connectivity index (χ1v) is 7.84. The molecule has 9 nitrogen and oxygen atoms in total. The Balaban J connectivity index is 1.81. The fraction of sp³-hybridized carbons (Fsp3) is 0.176. The molecule has 132 valence electrons. The number of nitrogens with one attached hydrogen (secondary N) is 1. The number of imide groups is 1. The number of aromatic nitrogens is 1. The van der Waals surface area contributed by atoms with Gasteiger partial charge in [0.15, 0.2) is 0 Å². The van der Waals surface area contributed by atoms with E-state index in [4.69, 9.17) is 0 Å². The van der Waals surface area contributed by atoms with E-state index in [0.29, 0.717) is 13.0 Å². The molecule has 3 rings (SSSR count). The normalized spacial score (nSPS) is 12.9. The van der Waals surface area contributed by atoms with Crippen LogP contribution in [0.5, 0.6) is 0 Å². The zero-order valence-corrected chi connectivity index (χ0v) is 13.8. The van der Waals surface area contributed by atoms with Crippen molar-refractivity contribution in [2.45, 2.75) is 13.3 Å². The lowest BCUT2D eigenvalue weighted by Gasteiger charge is -2.11. The van der Waals surface area contributed by atoms with Crippen LogP contribution in [0.4, 0.5) is 11.5 Å². The van der Waals surface area contributed by atoms with Crippen LogP contribution in [0.1, 0.15) is 44.4 Å². The number of amides is 3. The third-order valence-corrected chi connectivity index (χ3v) is 3.88. The van der Waals surface area contributed by atoms with Crippen LogP contribution in [0.15, 0.2) is 36.5 Å². The summed E-state index contributed by atoms with van der Waals surface area (Å²) in [5, 5.41) is 13.1. The van der Waals surface area contributed by atoms with Crippen molar-refractivity contribution in [1.82, 2.24) is 9.88 Å². The highest BCUT2D eigenvalue weighted by atomic mass is 16.6. The first-order valence-electron chi connectivity index (χ1n) is 7.84. The Bertz CT molecular complexity index is 923. The molecule has 3 amide bonds. The van der Waals surface area contributed by atoms with Gasteiger partial charge in [-0.3, -0.25) is 29.4 Å². The summed E-state index contributed by atoms with van der Waals surface area (Å²) in [6.45, 7) is 2.18. The van der Waals surface area contributed by atoms with Crippen LogP contribution < -0.4 is 5.32 Å². The predicted molar refractivity (Wildman–Crippen MR) is 90.9 cm³/mol. The predicted octanol–water partition coefficient (Wildman–Crippen LogP) is 2.25. The molecule has 0 aliphatic carbocycles. The van der Waals surface area contributed by atoms with Gasteiger partial charge in [-0.25, -0.2) is 4.98 Å². The molecule has 1 N–H and O–H groups in total. The first-order chi connectivity index (χ1) is 12.4. The SMILES string of the molecule is CCCN1C(=O)c2ccc(C(=O)Nc3ccc([N+](=O)[O-])cn3)cc2C1=O. The van der Waals surface area contributed by atoms with E-state index >= 15 is 0 Å². The fourth-order valence-electron chi connectivity index (χ4n) is 2.62. The lowest BCUT2D eigenvalue weighted by molar-refractivity contribution is -0.385. The minimum Gasteiger partial charge on any atom is -0.307 e. The standard InChI is InChI=1S/C17H14N4O5/c1-2-7-20-16(23)12-5-3-10(8-13(12)17(20)24)15(22)19-14-6-4-11(9-18-14)21(25)26/h3-6,8-9H,2,7H2,1H3,(H,18,19,22). The van der Waals surface area contributed by atoms with E-state index in [-0.39, 0.29) is 34.1 Å². The van der Waals surface area contributed by atoms with Gasteiger partial charge in [-0.05, 0) is 30.7 Å². The highest BCUT2D eigenvalue weighted by Gasteiger charge is 2.35. The minimum absolute atomic E-state index is 0.135. The minimum atomic E-state index is -0.593. The topological polar surface area (TPSA) is 123 Å². The number of fused-ring (bicyclic) bond motifs is 1. The van der Waals surface area contributed by atoms with Crippen molar-refractivity contribution in [1.29, 1.82) is 0 Å². The second-order valence-corrected chi connectivity index (χ2v) is 5.64. The van der Waals surface area contributed by atoms with Gasteiger partial charge in [0, 0.05) is 18.2 Å². The largest absolute Gasteiger partial charge is 0.307 e. The Labute approximate surface area is 147 Å². The molecule has 0 bridgehead atoms. The number of nitro groups is 1. The smallest absolute Gasteiger partial charge is 0.287 e. The molecule has 1 aliphatic heterocycles. The van der Waals surface area contributed by atoms with Crippen molar-refractivity contribution in [2.75, 3.05) is 11.9 Å². The van der Waals surface area contributed by atoms with Crippen LogP contribution in [0, 0.1) is 10.1 Å². The van der Waals surface area contributed by atoms with Crippen LogP contribution in [0.2, 0.25) is 0 Å². The Morgan fingerprint density at radius 1 is 1.19 bits per heavy atom. The number of benzene rings is 1. The molecule has 26 heavy (non-hydrogen) atoms. The number of hydrogen-bond donors (Lipinski definition) is 1. The zero-order valence-electron chi connectivity index (χ0n) is 13.8. The molecule has 1 aliphatic rings. The second kappa shape index (κ2) is 6.71. The number of carbonyl (C=O) groups excluding carboxylic acids is 3. The van der Waals surface area contributed by atoms with E-state index in [1.807, 2.05) is 6.92 Å². The number of carbonyl (C=O) groups is 3. The van der Waals surface area contributed by atoms with Crippen molar-refractivity contribution < 1.29 is 19.3 Å². The first kappa shape index (κ1) is 17.2. The second-order valence-electron chi connectivity index (χ2n) is 5.64. The Kier molecular flexibility index (Phi) is 4.44. The van der Waals surface area contributed by atoms with Crippen LogP contribution in [-0.4, -0.2) is 39.1 Å². The van der Waals surface area contributed by atoms with Crippen molar-refractivity contribution in [3.8, 4) is 0 Å². The molecule has 0 unspecified atom stereocenters. The van der Waals surface area contributed by atoms with E-state index in [9.17, 15) is 24.5 Å². The average Bonchev–Trinajstić information content (AvgIpc) is 2.87. The van der Waals surface area contributed by atoms with Crippen molar-refractivity contribution >= 4 is 29.2 Å². The summed E-state index contributed by atoms with van der Waals surface area (Å²) < 4.78 is 0. The summed E-state index contributed by atoms with van der Waals surface area (Å²) >= 11 is 0. The van der Waals surface area contributed by atoms with Crippen LogP contribution in [0.3, 0.4) is 0 Å². The zero-order chi connectivity index (χ0) is 18.8. The van der Waals surface area contributed by atoms with E-state index in [1.54, 1.807) is 0 Å². The monoisotopic (exact) mass is 354 g/mol. The van der Waals surface area contributed by atoms with Gasteiger partial charge in [-0.2, -0.15) is 0 Å². The number of hydrogen-bond acceptors (Lipinski definition) is 6. The van der Waals surface area contributed by atoms with Gasteiger partial charge >= 0.3 is 0 Å². The average molecular weight is 354 g/mol. The van der Waals surface area contributed by atoms with Crippen LogP contribution >= 0.6 is 0 Å². The summed E-state index contributed by atoms with van der Waals surface area (Å²) in [5.74, 6) is -1.19. The molecular weight excluding hydrogens is 340 g/mol. The lowest BCUT2D eigenvalue weighted by Crippen LogP contribution is -2.30. The van der Waals surface area contributed by atoms with Crippen LogP contribution in [-0.2, 0) is 0 Å². The molecular formula is C17H14N4O5. The summed E-state index contributed by atoms with van der Waals surface area (Å²) in [6, 6.07) is 6.78. The molecule has 9 heteroatoms. The number of nitrogens with zero attached hydrogens (tertiary/aromatic N) is 3. The van der Waals surface area contributed by atoms with E-state index < -0.39 is 16.7 Å². The van der Waals surface area contributed by atoms with Crippen LogP contribution in [0.25, 0.3) is 0 Å². The fourth-order valence-corrected chi connectivity index (χ4v) is 2.62. The van der Waals surface area contributed by atoms with Gasteiger partial charge in [0.05, 0.1) is 16.1 Å².